The van der Waals surface area contributed by atoms with Crippen LogP contribution in [0.2, 0.25) is 0 Å². The van der Waals surface area contributed by atoms with Gasteiger partial charge in [0.05, 0.1) is 6.61 Å². The molecule has 0 heterocycles. The fraction of sp³-hybridized carbons (Fsp3) is 0.0588. The standard InChI is InChI=1S/C34H27O2P/c35-37(28-15-3-1-4-16-28,29-17-5-2-6-18-29)25-24-36-33-23-22-27-13-8-10-20-31(27)34(33)32-21-11-14-26-12-7-9-19-30(26)32/h1-23H,24-25H2. The summed E-state index contributed by atoms with van der Waals surface area (Å²) in [6.45, 7) is 0.344. The van der Waals surface area contributed by atoms with Crippen LogP contribution < -0.4 is 15.3 Å². The summed E-state index contributed by atoms with van der Waals surface area (Å²) in [6.07, 6.45) is 0.419. The molecule has 0 radical (unpaired) electrons. The molecule has 3 heteroatoms. The Morgan fingerprint density at radius 3 is 1.73 bits per heavy atom. The molecule has 0 saturated heterocycles. The Balaban J connectivity index is 1.41. The predicted molar refractivity (Wildman–Crippen MR) is 157 cm³/mol. The summed E-state index contributed by atoms with van der Waals surface area (Å²) in [5.74, 6) is 0.808. The number of ether oxygens (including phenoxy) is 1. The van der Waals surface area contributed by atoms with Crippen molar-refractivity contribution in [3.05, 3.63) is 140 Å². The molecule has 6 aromatic carbocycles. The second-order valence-corrected chi connectivity index (χ2v) is 12.1. The fourth-order valence-corrected chi connectivity index (χ4v) is 7.59. The molecular formula is C34H27O2P. The third kappa shape index (κ3) is 4.46. The lowest BCUT2D eigenvalue weighted by atomic mass is 9.93. The van der Waals surface area contributed by atoms with Gasteiger partial charge in [0, 0.05) is 22.3 Å². The number of hydrogen-bond donors (Lipinski definition) is 0. The van der Waals surface area contributed by atoms with Crippen molar-refractivity contribution >= 4 is 39.3 Å². The molecule has 0 atom stereocenters. The van der Waals surface area contributed by atoms with E-state index in [-0.39, 0.29) is 0 Å². The maximum absolute atomic E-state index is 14.5. The maximum atomic E-state index is 14.5. The van der Waals surface area contributed by atoms with E-state index in [4.69, 9.17) is 4.74 Å². The van der Waals surface area contributed by atoms with E-state index in [1.54, 1.807) is 0 Å². The molecule has 180 valence electrons. The minimum atomic E-state index is -2.86. The second-order valence-electron chi connectivity index (χ2n) is 9.17. The van der Waals surface area contributed by atoms with Crippen LogP contribution in [0.4, 0.5) is 0 Å². The molecular weight excluding hydrogens is 471 g/mol. The molecule has 0 saturated carbocycles. The minimum Gasteiger partial charge on any atom is -0.492 e. The Morgan fingerprint density at radius 2 is 1.05 bits per heavy atom. The Morgan fingerprint density at radius 1 is 0.514 bits per heavy atom. The highest BCUT2D eigenvalue weighted by Gasteiger charge is 2.27. The molecule has 0 bridgehead atoms. The molecule has 0 N–H and O–H groups in total. The number of benzene rings is 6. The average molecular weight is 499 g/mol. The van der Waals surface area contributed by atoms with Crippen LogP contribution in [0.15, 0.2) is 140 Å². The molecule has 0 amide bonds. The fourth-order valence-electron chi connectivity index (χ4n) is 5.12. The van der Waals surface area contributed by atoms with Crippen molar-refractivity contribution in [3.63, 3.8) is 0 Å². The zero-order chi connectivity index (χ0) is 25.1. The normalized spacial score (nSPS) is 11.6. The van der Waals surface area contributed by atoms with E-state index in [1.807, 2.05) is 60.7 Å². The molecule has 37 heavy (non-hydrogen) atoms. The van der Waals surface area contributed by atoms with Crippen molar-refractivity contribution in [3.8, 4) is 16.9 Å². The summed E-state index contributed by atoms with van der Waals surface area (Å²) in [6, 6.07) is 47.0. The highest BCUT2D eigenvalue weighted by atomic mass is 31.2. The van der Waals surface area contributed by atoms with Gasteiger partial charge in [-0.05, 0) is 33.2 Å². The molecule has 0 aromatic heterocycles. The summed E-state index contributed by atoms with van der Waals surface area (Å²) < 4.78 is 21.0. The molecule has 0 aliphatic carbocycles. The smallest absolute Gasteiger partial charge is 0.146 e. The van der Waals surface area contributed by atoms with Gasteiger partial charge in [0.2, 0.25) is 0 Å². The van der Waals surface area contributed by atoms with Crippen molar-refractivity contribution in [1.82, 2.24) is 0 Å². The van der Waals surface area contributed by atoms with E-state index < -0.39 is 7.14 Å². The van der Waals surface area contributed by atoms with Gasteiger partial charge in [-0.2, -0.15) is 0 Å². The van der Waals surface area contributed by atoms with Gasteiger partial charge in [-0.15, -0.1) is 0 Å². The monoisotopic (exact) mass is 498 g/mol. The van der Waals surface area contributed by atoms with Crippen molar-refractivity contribution in [2.45, 2.75) is 0 Å². The third-order valence-corrected chi connectivity index (χ3v) is 10.0. The quantitative estimate of drug-likeness (QED) is 0.208. The second kappa shape index (κ2) is 10.1. The predicted octanol–water partition coefficient (Wildman–Crippen LogP) is 8.05. The zero-order valence-electron chi connectivity index (χ0n) is 20.5. The van der Waals surface area contributed by atoms with Crippen LogP contribution in [0.3, 0.4) is 0 Å². The summed E-state index contributed by atoms with van der Waals surface area (Å²) in [5, 5.41) is 6.40. The van der Waals surface area contributed by atoms with Gasteiger partial charge >= 0.3 is 0 Å². The average Bonchev–Trinajstić information content (AvgIpc) is 2.97. The highest BCUT2D eigenvalue weighted by Crippen LogP contribution is 2.44. The van der Waals surface area contributed by atoms with Crippen LogP contribution in [0.5, 0.6) is 5.75 Å². The molecule has 0 aliphatic heterocycles. The molecule has 0 aliphatic rings. The van der Waals surface area contributed by atoms with Crippen molar-refractivity contribution < 1.29 is 9.30 Å². The first-order valence-corrected chi connectivity index (χ1v) is 14.5. The van der Waals surface area contributed by atoms with E-state index >= 15 is 0 Å². The molecule has 0 fully saturated rings. The molecule has 0 unspecified atom stereocenters. The van der Waals surface area contributed by atoms with Crippen LogP contribution in [-0.4, -0.2) is 12.8 Å². The van der Waals surface area contributed by atoms with Crippen molar-refractivity contribution in [1.29, 1.82) is 0 Å². The van der Waals surface area contributed by atoms with Crippen LogP contribution in [0.25, 0.3) is 32.7 Å². The van der Waals surface area contributed by atoms with Gasteiger partial charge in [-0.1, -0.05) is 133 Å². The Labute approximate surface area is 217 Å². The van der Waals surface area contributed by atoms with Gasteiger partial charge in [0.15, 0.2) is 0 Å². The van der Waals surface area contributed by atoms with E-state index in [0.29, 0.717) is 12.8 Å². The van der Waals surface area contributed by atoms with Crippen LogP contribution in [-0.2, 0) is 4.57 Å². The number of rotatable bonds is 7. The first-order valence-electron chi connectivity index (χ1n) is 12.6. The number of hydrogen-bond acceptors (Lipinski definition) is 2. The van der Waals surface area contributed by atoms with Gasteiger partial charge in [-0.25, -0.2) is 0 Å². The lowest BCUT2D eigenvalue weighted by Crippen LogP contribution is -2.21. The zero-order valence-corrected chi connectivity index (χ0v) is 21.4. The Kier molecular flexibility index (Phi) is 6.35. The lowest BCUT2D eigenvalue weighted by Gasteiger charge is -2.21. The first-order chi connectivity index (χ1) is 18.2. The largest absolute Gasteiger partial charge is 0.492 e. The van der Waals surface area contributed by atoms with Crippen LogP contribution in [0.1, 0.15) is 0 Å². The topological polar surface area (TPSA) is 26.3 Å². The Hall–Kier alpha value is -4.13. The number of fused-ring (bicyclic) bond motifs is 2. The highest BCUT2D eigenvalue weighted by molar-refractivity contribution is 7.78. The van der Waals surface area contributed by atoms with Gasteiger partial charge < -0.3 is 9.30 Å². The van der Waals surface area contributed by atoms with E-state index in [9.17, 15) is 4.57 Å². The van der Waals surface area contributed by atoms with Gasteiger partial charge in [0.25, 0.3) is 0 Å². The SMILES string of the molecule is O=P(CCOc1ccc2ccccc2c1-c1cccc2ccccc12)(c1ccccc1)c1ccccc1. The Bertz CT molecular complexity index is 1680. The third-order valence-electron chi connectivity index (χ3n) is 6.96. The maximum Gasteiger partial charge on any atom is 0.146 e. The van der Waals surface area contributed by atoms with Crippen LogP contribution >= 0.6 is 7.14 Å². The summed E-state index contributed by atoms with van der Waals surface area (Å²) >= 11 is 0. The summed E-state index contributed by atoms with van der Waals surface area (Å²) in [7, 11) is -2.86. The van der Waals surface area contributed by atoms with Crippen LogP contribution in [0, 0.1) is 0 Å². The van der Waals surface area contributed by atoms with Crippen molar-refractivity contribution in [2.24, 2.45) is 0 Å². The van der Waals surface area contributed by atoms with Gasteiger partial charge in [-0.3, -0.25) is 0 Å². The van der Waals surface area contributed by atoms with Gasteiger partial charge in [0.1, 0.15) is 12.9 Å². The molecule has 6 rings (SSSR count). The molecule has 2 nitrogen and oxygen atoms in total. The van der Waals surface area contributed by atoms with E-state index in [0.717, 1.165) is 38.3 Å². The molecule has 0 spiro atoms. The molecule has 6 aromatic rings. The van der Waals surface area contributed by atoms with E-state index in [1.165, 1.54) is 10.8 Å². The van der Waals surface area contributed by atoms with E-state index in [2.05, 4.69) is 78.9 Å². The summed E-state index contributed by atoms with van der Waals surface area (Å²) in [5.41, 5.74) is 2.21. The first kappa shape index (κ1) is 23.3. The summed E-state index contributed by atoms with van der Waals surface area (Å²) in [4.78, 5) is 0. The minimum absolute atomic E-state index is 0.344. The lowest BCUT2D eigenvalue weighted by molar-refractivity contribution is 0.343. The van der Waals surface area contributed by atoms with Crippen molar-refractivity contribution in [2.75, 3.05) is 12.8 Å².